The second-order valence-electron chi connectivity index (χ2n) is 5.28. The van der Waals surface area contributed by atoms with Crippen LogP contribution in [0.5, 0.6) is 11.5 Å². The monoisotopic (exact) mass is 357 g/mol. The summed E-state index contributed by atoms with van der Waals surface area (Å²) in [5, 5.41) is 9.35. The lowest BCUT2D eigenvalue weighted by atomic mass is 10.2. The molecule has 130 valence electrons. The maximum atomic E-state index is 12.7. The summed E-state index contributed by atoms with van der Waals surface area (Å²) in [5.74, 6) is 1.03. The van der Waals surface area contributed by atoms with Gasteiger partial charge in [-0.15, -0.1) is 0 Å². The lowest BCUT2D eigenvalue weighted by molar-refractivity contribution is 0.311. The topological polar surface area (TPSA) is 76.4 Å². The van der Waals surface area contributed by atoms with Crippen LogP contribution < -0.4 is 9.47 Å². The van der Waals surface area contributed by atoms with Crippen LogP contribution in [0.2, 0.25) is 0 Å². The Balaban J connectivity index is 2.46. The molecule has 0 unspecified atom stereocenters. The molecule has 0 saturated carbocycles. The number of rotatable bonds is 6. The van der Waals surface area contributed by atoms with Crippen molar-refractivity contribution in [2.45, 2.75) is 18.7 Å². The van der Waals surface area contributed by atoms with Crippen molar-refractivity contribution in [3.63, 3.8) is 0 Å². The van der Waals surface area contributed by atoms with E-state index in [9.17, 15) is 13.7 Å². The normalized spacial score (nSPS) is 11.7. The molecule has 0 aliphatic rings. The lowest BCUT2D eigenvalue weighted by Gasteiger charge is -2.10. The van der Waals surface area contributed by atoms with E-state index >= 15 is 0 Å². The van der Waals surface area contributed by atoms with Crippen molar-refractivity contribution in [3.8, 4) is 17.6 Å². The Morgan fingerprint density at radius 1 is 1.16 bits per heavy atom. The highest BCUT2D eigenvalue weighted by Gasteiger charge is 2.20. The zero-order chi connectivity index (χ0) is 18.4. The summed E-state index contributed by atoms with van der Waals surface area (Å²) < 4.78 is 36.0. The minimum atomic E-state index is -3.88. The number of nitriles is 1. The first kappa shape index (κ1) is 18.6. The van der Waals surface area contributed by atoms with E-state index in [-0.39, 0.29) is 9.80 Å². The zero-order valence-electron chi connectivity index (χ0n) is 14.3. The number of hydrogen-bond donors (Lipinski definition) is 0. The molecule has 0 N–H and O–H groups in total. The van der Waals surface area contributed by atoms with Crippen molar-refractivity contribution in [2.75, 3.05) is 13.7 Å². The van der Waals surface area contributed by atoms with Crippen LogP contribution in [-0.4, -0.2) is 22.1 Å². The second-order valence-corrected chi connectivity index (χ2v) is 7.20. The molecule has 0 aliphatic heterocycles. The molecule has 2 rings (SSSR count). The first-order valence-corrected chi connectivity index (χ1v) is 9.15. The van der Waals surface area contributed by atoms with E-state index in [2.05, 4.69) is 0 Å². The molecular weight excluding hydrogens is 338 g/mol. The van der Waals surface area contributed by atoms with Crippen LogP contribution in [-0.2, 0) is 9.84 Å². The lowest BCUT2D eigenvalue weighted by Crippen LogP contribution is -2.03. The minimum absolute atomic E-state index is 0.0869. The van der Waals surface area contributed by atoms with Gasteiger partial charge in [-0.1, -0.05) is 23.8 Å². The number of sulfone groups is 1. The fourth-order valence-corrected chi connectivity index (χ4v) is 3.37. The van der Waals surface area contributed by atoms with Crippen LogP contribution in [0.1, 0.15) is 18.1 Å². The average molecular weight is 357 g/mol. The predicted octanol–water partition coefficient (Wildman–Crippen LogP) is 3.74. The van der Waals surface area contributed by atoms with Gasteiger partial charge in [0.15, 0.2) is 11.5 Å². The molecule has 0 fully saturated rings. The van der Waals surface area contributed by atoms with E-state index < -0.39 is 9.84 Å². The largest absolute Gasteiger partial charge is 0.493 e. The first-order chi connectivity index (χ1) is 11.9. The van der Waals surface area contributed by atoms with Crippen molar-refractivity contribution in [2.24, 2.45) is 0 Å². The number of benzene rings is 2. The van der Waals surface area contributed by atoms with Crippen LogP contribution in [0.15, 0.2) is 52.3 Å². The fourth-order valence-electron chi connectivity index (χ4n) is 2.21. The summed E-state index contributed by atoms with van der Waals surface area (Å²) in [6, 6.07) is 13.2. The van der Waals surface area contributed by atoms with Gasteiger partial charge in [0.05, 0.1) is 18.6 Å². The SMILES string of the molecule is CCOc1ccc(C=C(C#N)S(=O)(=O)c2ccc(C)cc2)cc1OC. The minimum Gasteiger partial charge on any atom is -0.493 e. The molecule has 0 spiro atoms. The summed E-state index contributed by atoms with van der Waals surface area (Å²) in [5.41, 5.74) is 1.48. The molecule has 6 heteroatoms. The van der Waals surface area contributed by atoms with Gasteiger partial charge < -0.3 is 9.47 Å². The van der Waals surface area contributed by atoms with Gasteiger partial charge in [0.2, 0.25) is 9.84 Å². The summed E-state index contributed by atoms with van der Waals surface area (Å²) in [6.45, 7) is 4.20. The molecule has 0 amide bonds. The molecule has 5 nitrogen and oxygen atoms in total. The van der Waals surface area contributed by atoms with Gasteiger partial charge in [-0.05, 0) is 49.8 Å². The third kappa shape index (κ3) is 4.20. The molecule has 2 aromatic rings. The van der Waals surface area contributed by atoms with Crippen LogP contribution >= 0.6 is 0 Å². The van der Waals surface area contributed by atoms with Crippen molar-refractivity contribution in [3.05, 3.63) is 58.5 Å². The molecule has 0 aromatic heterocycles. The predicted molar refractivity (Wildman–Crippen MR) is 96.1 cm³/mol. The quantitative estimate of drug-likeness (QED) is 0.736. The van der Waals surface area contributed by atoms with E-state index in [1.165, 1.54) is 25.3 Å². The number of aryl methyl sites for hydroxylation is 1. The second kappa shape index (κ2) is 7.86. The molecule has 2 aromatic carbocycles. The van der Waals surface area contributed by atoms with Gasteiger partial charge in [-0.2, -0.15) is 5.26 Å². The highest BCUT2D eigenvalue weighted by Crippen LogP contribution is 2.30. The molecule has 0 saturated heterocycles. The molecular formula is C19H19NO4S. The van der Waals surface area contributed by atoms with Gasteiger partial charge in [0.1, 0.15) is 11.0 Å². The number of methoxy groups -OCH3 is 1. The summed E-state index contributed by atoms with van der Waals surface area (Å²) in [4.78, 5) is -0.244. The van der Waals surface area contributed by atoms with Gasteiger partial charge in [-0.25, -0.2) is 8.42 Å². The maximum absolute atomic E-state index is 12.7. The van der Waals surface area contributed by atoms with E-state index in [0.717, 1.165) is 5.56 Å². The standard InChI is InChI=1S/C19H19NO4S/c1-4-24-18-10-7-15(12-19(18)23-3)11-17(13-20)25(21,22)16-8-5-14(2)6-9-16/h5-12H,4H2,1-3H3. The average Bonchev–Trinajstić information content (AvgIpc) is 2.61. The number of hydrogen-bond acceptors (Lipinski definition) is 5. The highest BCUT2D eigenvalue weighted by molar-refractivity contribution is 7.95. The van der Waals surface area contributed by atoms with Gasteiger partial charge in [0, 0.05) is 0 Å². The highest BCUT2D eigenvalue weighted by atomic mass is 32.2. The Morgan fingerprint density at radius 3 is 2.40 bits per heavy atom. The van der Waals surface area contributed by atoms with E-state index in [4.69, 9.17) is 9.47 Å². The number of nitrogens with zero attached hydrogens (tertiary/aromatic N) is 1. The van der Waals surface area contributed by atoms with Crippen LogP contribution in [0, 0.1) is 18.3 Å². The van der Waals surface area contributed by atoms with Crippen molar-refractivity contribution in [1.29, 1.82) is 5.26 Å². The van der Waals surface area contributed by atoms with E-state index in [0.29, 0.717) is 23.7 Å². The van der Waals surface area contributed by atoms with Gasteiger partial charge >= 0.3 is 0 Å². The molecule has 0 bridgehead atoms. The molecule has 0 radical (unpaired) electrons. The Morgan fingerprint density at radius 2 is 1.84 bits per heavy atom. The van der Waals surface area contributed by atoms with Gasteiger partial charge in [-0.3, -0.25) is 0 Å². The van der Waals surface area contributed by atoms with Gasteiger partial charge in [0.25, 0.3) is 0 Å². The molecule has 0 aliphatic carbocycles. The summed E-state index contributed by atoms with van der Waals surface area (Å²) >= 11 is 0. The van der Waals surface area contributed by atoms with Crippen LogP contribution in [0.25, 0.3) is 6.08 Å². The van der Waals surface area contributed by atoms with E-state index in [1.807, 2.05) is 13.8 Å². The van der Waals surface area contributed by atoms with Crippen LogP contribution in [0.4, 0.5) is 0 Å². The van der Waals surface area contributed by atoms with E-state index in [1.54, 1.807) is 36.4 Å². The summed E-state index contributed by atoms with van der Waals surface area (Å²) in [7, 11) is -2.38. The third-order valence-corrected chi connectivity index (χ3v) is 5.20. The fraction of sp³-hybridized carbons (Fsp3) is 0.211. The first-order valence-electron chi connectivity index (χ1n) is 7.66. The number of allylic oxidation sites excluding steroid dienone is 1. The summed E-state index contributed by atoms with van der Waals surface area (Å²) in [6.07, 6.45) is 1.33. The zero-order valence-corrected chi connectivity index (χ0v) is 15.1. The maximum Gasteiger partial charge on any atom is 0.216 e. The Labute approximate surface area is 148 Å². The molecule has 0 heterocycles. The molecule has 25 heavy (non-hydrogen) atoms. The van der Waals surface area contributed by atoms with Crippen molar-refractivity contribution >= 4 is 15.9 Å². The Bertz CT molecular complexity index is 923. The van der Waals surface area contributed by atoms with Crippen LogP contribution in [0.3, 0.4) is 0 Å². The Hall–Kier alpha value is -2.78. The Kier molecular flexibility index (Phi) is 5.84. The molecule has 0 atom stereocenters. The third-order valence-electron chi connectivity index (χ3n) is 3.52. The number of ether oxygens (including phenoxy) is 2. The van der Waals surface area contributed by atoms with Crippen molar-refractivity contribution < 1.29 is 17.9 Å². The smallest absolute Gasteiger partial charge is 0.216 e. The van der Waals surface area contributed by atoms with Crippen molar-refractivity contribution in [1.82, 2.24) is 0 Å².